The summed E-state index contributed by atoms with van der Waals surface area (Å²) in [6.45, 7) is 5.23. The summed E-state index contributed by atoms with van der Waals surface area (Å²) in [6.07, 6.45) is 0. The van der Waals surface area contributed by atoms with Crippen LogP contribution < -0.4 is 16.2 Å². The molecule has 1 aromatic carbocycles. The Morgan fingerprint density at radius 2 is 1.81 bits per heavy atom. The number of hydrogen-bond acceptors (Lipinski definition) is 5. The Morgan fingerprint density at radius 1 is 1.11 bits per heavy atom. The lowest BCUT2D eigenvalue weighted by Gasteiger charge is -2.22. The van der Waals surface area contributed by atoms with Gasteiger partial charge >= 0.3 is 0 Å². The zero-order valence-electron chi connectivity index (χ0n) is 14.8. The van der Waals surface area contributed by atoms with Crippen molar-refractivity contribution in [3.63, 3.8) is 0 Å². The van der Waals surface area contributed by atoms with Crippen LogP contribution in [0.1, 0.15) is 39.6 Å². The van der Waals surface area contributed by atoms with Gasteiger partial charge in [-0.25, -0.2) is 4.98 Å². The largest absolute Gasteiger partial charge is 0.340 e. The van der Waals surface area contributed by atoms with Gasteiger partial charge in [0.1, 0.15) is 10.9 Å². The Morgan fingerprint density at radius 3 is 2.37 bits per heavy atom. The zero-order valence-corrected chi connectivity index (χ0v) is 17.1. The van der Waals surface area contributed by atoms with E-state index in [9.17, 15) is 14.4 Å². The van der Waals surface area contributed by atoms with E-state index < -0.39 is 23.8 Å². The van der Waals surface area contributed by atoms with E-state index in [2.05, 4.69) is 21.2 Å². The summed E-state index contributed by atoms with van der Waals surface area (Å²) in [6, 6.07) is 3.57. The Bertz CT molecular complexity index is 870. The molecule has 1 aromatic heterocycles. The van der Waals surface area contributed by atoms with Crippen molar-refractivity contribution >= 4 is 52.3 Å². The fourth-order valence-electron chi connectivity index (χ4n) is 2.20. The maximum absolute atomic E-state index is 12.5. The van der Waals surface area contributed by atoms with Crippen molar-refractivity contribution in [3.05, 3.63) is 49.9 Å². The molecule has 7 nitrogen and oxygen atoms in total. The summed E-state index contributed by atoms with van der Waals surface area (Å²) in [7, 11) is 0. The number of halogens is 2. The van der Waals surface area contributed by atoms with Gasteiger partial charge in [0.2, 0.25) is 0 Å². The van der Waals surface area contributed by atoms with Crippen LogP contribution in [0.3, 0.4) is 0 Å². The normalized spacial score (nSPS) is 11.8. The van der Waals surface area contributed by atoms with Crippen LogP contribution in [0.25, 0.3) is 0 Å². The predicted molar refractivity (Wildman–Crippen MR) is 105 cm³/mol. The van der Waals surface area contributed by atoms with Gasteiger partial charge in [-0.2, -0.15) is 0 Å². The number of aryl methyl sites for hydroxylation is 1. The molecule has 1 atom stereocenters. The minimum Gasteiger partial charge on any atom is -0.340 e. The standard InChI is InChI=1S/C17H18Cl2N4O3S/c1-8(2)13(21-15(24)11-5-4-10(18)6-12(11)19)16(25)22-23-17(26)14-9(3)20-7-27-14/h4-8,13H,1-3H3,(H,21,24)(H,22,25)(H,23,26). The third-order valence-electron chi connectivity index (χ3n) is 3.66. The molecule has 0 aliphatic heterocycles. The summed E-state index contributed by atoms with van der Waals surface area (Å²) in [4.78, 5) is 41.3. The van der Waals surface area contributed by atoms with Crippen molar-refractivity contribution in [2.75, 3.05) is 0 Å². The van der Waals surface area contributed by atoms with Crippen LogP contribution in [0.5, 0.6) is 0 Å². The third kappa shape index (κ3) is 5.41. The van der Waals surface area contributed by atoms with E-state index in [4.69, 9.17) is 23.2 Å². The molecular weight excluding hydrogens is 411 g/mol. The SMILES string of the molecule is Cc1ncsc1C(=O)NNC(=O)C(NC(=O)c1ccc(Cl)cc1Cl)C(C)C. The molecule has 0 saturated carbocycles. The highest BCUT2D eigenvalue weighted by Crippen LogP contribution is 2.21. The Hall–Kier alpha value is -2.16. The topological polar surface area (TPSA) is 100 Å². The summed E-state index contributed by atoms with van der Waals surface area (Å²) in [5, 5.41) is 3.20. The number of hydrogen-bond donors (Lipinski definition) is 3. The van der Waals surface area contributed by atoms with E-state index in [-0.39, 0.29) is 16.5 Å². The highest BCUT2D eigenvalue weighted by molar-refractivity contribution is 7.11. The molecule has 0 radical (unpaired) electrons. The van der Waals surface area contributed by atoms with Crippen LogP contribution >= 0.6 is 34.5 Å². The van der Waals surface area contributed by atoms with E-state index >= 15 is 0 Å². The molecule has 0 fully saturated rings. The molecular formula is C17H18Cl2N4O3S. The smallest absolute Gasteiger partial charge is 0.281 e. The Labute approximate surface area is 170 Å². The quantitative estimate of drug-likeness (QED) is 0.637. The Balaban J connectivity index is 2.03. The fourth-order valence-corrected chi connectivity index (χ4v) is 3.39. The van der Waals surface area contributed by atoms with Crippen LogP contribution in [0.2, 0.25) is 10.0 Å². The van der Waals surface area contributed by atoms with Crippen molar-refractivity contribution < 1.29 is 14.4 Å². The summed E-state index contributed by atoms with van der Waals surface area (Å²) < 4.78 is 0. The number of thiazole rings is 1. The van der Waals surface area contributed by atoms with Crippen molar-refractivity contribution in [2.24, 2.45) is 5.92 Å². The minimum atomic E-state index is -0.882. The maximum Gasteiger partial charge on any atom is 0.281 e. The lowest BCUT2D eigenvalue weighted by Crippen LogP contribution is -2.54. The number of aromatic nitrogens is 1. The number of rotatable bonds is 5. The molecule has 1 heterocycles. The lowest BCUT2D eigenvalue weighted by molar-refractivity contribution is -0.124. The molecule has 0 saturated heterocycles. The first-order valence-corrected chi connectivity index (χ1v) is 9.60. The maximum atomic E-state index is 12.5. The second-order valence-corrected chi connectivity index (χ2v) is 7.73. The molecule has 10 heteroatoms. The monoisotopic (exact) mass is 428 g/mol. The van der Waals surface area contributed by atoms with Gasteiger partial charge < -0.3 is 5.32 Å². The highest BCUT2D eigenvalue weighted by Gasteiger charge is 2.26. The zero-order chi connectivity index (χ0) is 20.1. The van der Waals surface area contributed by atoms with E-state index in [1.807, 2.05) is 0 Å². The fraction of sp³-hybridized carbons (Fsp3) is 0.294. The number of hydrazine groups is 1. The third-order valence-corrected chi connectivity index (χ3v) is 5.14. The van der Waals surface area contributed by atoms with Crippen molar-refractivity contribution in [3.8, 4) is 0 Å². The predicted octanol–water partition coefficient (Wildman–Crippen LogP) is 2.97. The molecule has 2 rings (SSSR count). The van der Waals surface area contributed by atoms with E-state index in [1.54, 1.807) is 26.3 Å². The first kappa shape index (κ1) is 21.1. The summed E-state index contributed by atoms with van der Waals surface area (Å²) >= 11 is 13.0. The first-order chi connectivity index (χ1) is 12.7. The second-order valence-electron chi connectivity index (χ2n) is 6.03. The van der Waals surface area contributed by atoms with Gasteiger partial charge in [0.25, 0.3) is 17.7 Å². The molecule has 3 N–H and O–H groups in total. The van der Waals surface area contributed by atoms with Gasteiger partial charge in [-0.15, -0.1) is 11.3 Å². The average Bonchev–Trinajstić information content (AvgIpc) is 3.02. The van der Waals surface area contributed by atoms with Crippen molar-refractivity contribution in [2.45, 2.75) is 26.8 Å². The van der Waals surface area contributed by atoms with E-state index in [0.717, 1.165) is 0 Å². The van der Waals surface area contributed by atoms with Crippen LogP contribution in [0.4, 0.5) is 0 Å². The molecule has 0 aliphatic carbocycles. The van der Waals surface area contributed by atoms with E-state index in [1.165, 1.54) is 29.5 Å². The molecule has 3 amide bonds. The molecule has 1 unspecified atom stereocenters. The molecule has 27 heavy (non-hydrogen) atoms. The van der Waals surface area contributed by atoms with Gasteiger partial charge in [0.15, 0.2) is 0 Å². The second kappa shape index (κ2) is 9.16. The molecule has 144 valence electrons. The lowest BCUT2D eigenvalue weighted by atomic mass is 10.0. The molecule has 0 aliphatic rings. The number of benzene rings is 1. The number of carbonyl (C=O) groups excluding carboxylic acids is 3. The number of nitrogens with zero attached hydrogens (tertiary/aromatic N) is 1. The van der Waals surface area contributed by atoms with Crippen LogP contribution in [-0.4, -0.2) is 28.7 Å². The molecule has 0 bridgehead atoms. The first-order valence-electron chi connectivity index (χ1n) is 7.97. The van der Waals surface area contributed by atoms with Gasteiger partial charge in [-0.3, -0.25) is 25.2 Å². The van der Waals surface area contributed by atoms with Crippen molar-refractivity contribution in [1.82, 2.24) is 21.2 Å². The van der Waals surface area contributed by atoms with Gasteiger partial charge in [0, 0.05) is 5.02 Å². The number of carbonyl (C=O) groups is 3. The summed E-state index contributed by atoms with van der Waals surface area (Å²) in [5.74, 6) is -1.78. The number of nitrogens with one attached hydrogen (secondary N) is 3. The summed E-state index contributed by atoms with van der Waals surface area (Å²) in [5.41, 5.74) is 6.97. The van der Waals surface area contributed by atoms with Gasteiger partial charge in [0.05, 0.1) is 21.8 Å². The van der Waals surface area contributed by atoms with Crippen LogP contribution in [-0.2, 0) is 4.79 Å². The van der Waals surface area contributed by atoms with E-state index in [0.29, 0.717) is 15.6 Å². The van der Waals surface area contributed by atoms with Crippen LogP contribution in [0.15, 0.2) is 23.7 Å². The molecule has 2 aromatic rings. The average molecular weight is 429 g/mol. The minimum absolute atomic E-state index is 0.178. The number of amides is 3. The Kier molecular flexibility index (Phi) is 7.18. The van der Waals surface area contributed by atoms with Gasteiger partial charge in [-0.05, 0) is 31.0 Å². The molecule has 0 spiro atoms. The van der Waals surface area contributed by atoms with Gasteiger partial charge in [-0.1, -0.05) is 37.0 Å². The van der Waals surface area contributed by atoms with Crippen molar-refractivity contribution in [1.29, 1.82) is 0 Å². The highest BCUT2D eigenvalue weighted by atomic mass is 35.5. The van der Waals surface area contributed by atoms with Crippen LogP contribution in [0, 0.1) is 12.8 Å².